The van der Waals surface area contributed by atoms with Crippen LogP contribution in [0.3, 0.4) is 0 Å². The summed E-state index contributed by atoms with van der Waals surface area (Å²) in [5.74, 6) is -0.440. The lowest BCUT2D eigenvalue weighted by molar-refractivity contribution is -0.148. The molecule has 4 heteroatoms. The number of carbonyl (C=O) groups excluding carboxylic acids is 1. The van der Waals surface area contributed by atoms with Gasteiger partial charge in [0.05, 0.1) is 6.10 Å². The molecule has 0 aromatic heterocycles. The number of rotatable bonds is 3. The summed E-state index contributed by atoms with van der Waals surface area (Å²) in [7, 11) is 0. The molecule has 0 saturated carbocycles. The zero-order chi connectivity index (χ0) is 8.15. The van der Waals surface area contributed by atoms with Crippen LogP contribution in [0.1, 0.15) is 20.8 Å². The molecule has 0 aromatic rings. The van der Waals surface area contributed by atoms with Crippen molar-refractivity contribution in [3.8, 4) is 0 Å². The highest BCUT2D eigenvalue weighted by atomic mass is 16.5. The minimum absolute atomic E-state index is 0.128. The molecule has 0 heterocycles. The van der Waals surface area contributed by atoms with Crippen LogP contribution in [0.5, 0.6) is 0 Å². The average Bonchev–Trinajstić information content (AvgIpc) is 1.85. The van der Waals surface area contributed by atoms with Gasteiger partial charge >= 0.3 is 5.97 Å². The SMILES string of the molecule is CC(C)OC(=O)C(C)N=N. The van der Waals surface area contributed by atoms with E-state index in [9.17, 15) is 4.79 Å². The van der Waals surface area contributed by atoms with Gasteiger partial charge in [0.15, 0.2) is 6.04 Å². The third-order valence-electron chi connectivity index (χ3n) is 0.887. The van der Waals surface area contributed by atoms with Crippen LogP contribution in [0.4, 0.5) is 0 Å². The van der Waals surface area contributed by atoms with Crippen LogP contribution >= 0.6 is 0 Å². The molecule has 0 bridgehead atoms. The molecule has 0 fully saturated rings. The minimum Gasteiger partial charge on any atom is -0.461 e. The Morgan fingerprint density at radius 3 is 2.30 bits per heavy atom. The summed E-state index contributed by atoms with van der Waals surface area (Å²) in [5, 5.41) is 3.02. The molecule has 0 saturated heterocycles. The summed E-state index contributed by atoms with van der Waals surface area (Å²) in [6, 6.07) is -0.664. The Kier molecular flexibility index (Phi) is 3.61. The summed E-state index contributed by atoms with van der Waals surface area (Å²) in [5.41, 5.74) is 6.51. The van der Waals surface area contributed by atoms with Crippen molar-refractivity contribution in [1.29, 1.82) is 5.53 Å². The maximum atomic E-state index is 10.7. The summed E-state index contributed by atoms with van der Waals surface area (Å²) < 4.78 is 4.75. The first-order valence-corrected chi connectivity index (χ1v) is 3.15. The number of esters is 1. The fourth-order valence-electron chi connectivity index (χ4n) is 0.383. The Bertz CT molecular complexity index is 134. The van der Waals surface area contributed by atoms with Crippen LogP contribution in [-0.2, 0) is 9.53 Å². The zero-order valence-corrected chi connectivity index (χ0v) is 6.42. The van der Waals surface area contributed by atoms with Crippen molar-refractivity contribution in [3.05, 3.63) is 0 Å². The lowest BCUT2D eigenvalue weighted by Crippen LogP contribution is -2.21. The molecular formula is C6H12N2O2. The van der Waals surface area contributed by atoms with E-state index in [0.29, 0.717) is 0 Å². The van der Waals surface area contributed by atoms with Gasteiger partial charge < -0.3 is 4.74 Å². The number of nitrogens with one attached hydrogen (secondary N) is 1. The van der Waals surface area contributed by atoms with Crippen molar-refractivity contribution in [2.75, 3.05) is 0 Å². The molecule has 0 spiro atoms. The number of nitrogens with zero attached hydrogens (tertiary/aromatic N) is 1. The first kappa shape index (κ1) is 9.07. The summed E-state index contributed by atoms with van der Waals surface area (Å²) in [6.07, 6.45) is -0.128. The predicted molar refractivity (Wildman–Crippen MR) is 35.8 cm³/mol. The summed E-state index contributed by atoms with van der Waals surface area (Å²) in [6.45, 7) is 5.04. The van der Waals surface area contributed by atoms with E-state index in [1.54, 1.807) is 13.8 Å². The lowest BCUT2D eigenvalue weighted by atomic mass is 10.3. The Hall–Kier alpha value is -0.930. The van der Waals surface area contributed by atoms with Crippen LogP contribution < -0.4 is 0 Å². The first-order valence-electron chi connectivity index (χ1n) is 3.15. The quantitative estimate of drug-likeness (QED) is 0.480. The van der Waals surface area contributed by atoms with E-state index in [2.05, 4.69) is 5.11 Å². The zero-order valence-electron chi connectivity index (χ0n) is 6.42. The Morgan fingerprint density at radius 2 is 2.00 bits per heavy atom. The first-order chi connectivity index (χ1) is 4.57. The van der Waals surface area contributed by atoms with Gasteiger partial charge in [0.1, 0.15) is 0 Å². The molecule has 0 amide bonds. The van der Waals surface area contributed by atoms with E-state index in [-0.39, 0.29) is 6.10 Å². The number of ether oxygens (including phenoxy) is 1. The van der Waals surface area contributed by atoms with Gasteiger partial charge in [-0.3, -0.25) is 0 Å². The van der Waals surface area contributed by atoms with Crippen molar-refractivity contribution in [1.82, 2.24) is 0 Å². The molecule has 1 unspecified atom stereocenters. The van der Waals surface area contributed by atoms with Crippen molar-refractivity contribution in [2.45, 2.75) is 32.9 Å². The Labute approximate surface area is 60.1 Å². The van der Waals surface area contributed by atoms with Crippen molar-refractivity contribution in [3.63, 3.8) is 0 Å². The van der Waals surface area contributed by atoms with Gasteiger partial charge in [-0.05, 0) is 20.8 Å². The third kappa shape index (κ3) is 3.17. The molecular weight excluding hydrogens is 132 g/mol. The van der Waals surface area contributed by atoms with Crippen molar-refractivity contribution in [2.24, 2.45) is 5.11 Å². The maximum absolute atomic E-state index is 10.7. The summed E-state index contributed by atoms with van der Waals surface area (Å²) >= 11 is 0. The van der Waals surface area contributed by atoms with Crippen LogP contribution in [0.15, 0.2) is 5.11 Å². The van der Waals surface area contributed by atoms with Gasteiger partial charge in [-0.15, -0.1) is 0 Å². The average molecular weight is 144 g/mol. The highest BCUT2D eigenvalue weighted by Gasteiger charge is 2.13. The minimum atomic E-state index is -0.664. The topological polar surface area (TPSA) is 62.5 Å². The van der Waals surface area contributed by atoms with E-state index >= 15 is 0 Å². The van der Waals surface area contributed by atoms with Gasteiger partial charge in [0.25, 0.3) is 0 Å². The van der Waals surface area contributed by atoms with Crippen molar-refractivity contribution >= 4 is 5.97 Å². The van der Waals surface area contributed by atoms with Crippen LogP contribution in [-0.4, -0.2) is 18.1 Å². The number of hydrogen-bond acceptors (Lipinski definition) is 4. The van der Waals surface area contributed by atoms with Gasteiger partial charge in [-0.2, -0.15) is 5.11 Å². The Balaban J connectivity index is 3.73. The predicted octanol–water partition coefficient (Wildman–Crippen LogP) is 1.36. The molecule has 0 aliphatic heterocycles. The smallest absolute Gasteiger partial charge is 0.332 e. The van der Waals surface area contributed by atoms with E-state index in [1.165, 1.54) is 6.92 Å². The number of carbonyl (C=O) groups is 1. The highest BCUT2D eigenvalue weighted by molar-refractivity contribution is 5.75. The standard InChI is InChI=1S/C6H12N2O2/c1-4(2)10-6(9)5(3)8-7/h4-5,7H,1-3H3. The Morgan fingerprint density at radius 1 is 1.50 bits per heavy atom. The second-order valence-corrected chi connectivity index (χ2v) is 2.29. The normalized spacial score (nSPS) is 12.8. The van der Waals surface area contributed by atoms with Crippen LogP contribution in [0.2, 0.25) is 0 Å². The van der Waals surface area contributed by atoms with E-state index in [4.69, 9.17) is 10.3 Å². The second-order valence-electron chi connectivity index (χ2n) is 2.29. The fourth-order valence-corrected chi connectivity index (χ4v) is 0.383. The van der Waals surface area contributed by atoms with E-state index in [1.807, 2.05) is 0 Å². The van der Waals surface area contributed by atoms with Crippen LogP contribution in [0.25, 0.3) is 0 Å². The highest BCUT2D eigenvalue weighted by Crippen LogP contribution is 1.96. The van der Waals surface area contributed by atoms with Crippen LogP contribution in [0, 0.1) is 5.53 Å². The maximum Gasteiger partial charge on any atom is 0.332 e. The van der Waals surface area contributed by atoms with Gasteiger partial charge in [-0.1, -0.05) is 0 Å². The monoisotopic (exact) mass is 144 g/mol. The largest absolute Gasteiger partial charge is 0.461 e. The second kappa shape index (κ2) is 3.98. The molecule has 4 nitrogen and oxygen atoms in total. The lowest BCUT2D eigenvalue weighted by Gasteiger charge is -2.08. The van der Waals surface area contributed by atoms with Crippen molar-refractivity contribution < 1.29 is 9.53 Å². The molecule has 0 aliphatic rings. The molecule has 0 radical (unpaired) electrons. The van der Waals surface area contributed by atoms with E-state index in [0.717, 1.165) is 0 Å². The molecule has 1 N–H and O–H groups in total. The van der Waals surface area contributed by atoms with E-state index < -0.39 is 12.0 Å². The molecule has 0 aliphatic carbocycles. The van der Waals surface area contributed by atoms with Gasteiger partial charge in [-0.25, -0.2) is 10.3 Å². The van der Waals surface area contributed by atoms with Gasteiger partial charge in [0.2, 0.25) is 0 Å². The van der Waals surface area contributed by atoms with Gasteiger partial charge in [0, 0.05) is 0 Å². The summed E-state index contributed by atoms with van der Waals surface area (Å²) in [4.78, 5) is 10.7. The molecule has 0 rings (SSSR count). The molecule has 0 aromatic carbocycles. The third-order valence-corrected chi connectivity index (χ3v) is 0.887. The number of hydrogen-bond donors (Lipinski definition) is 1. The molecule has 58 valence electrons. The fraction of sp³-hybridized carbons (Fsp3) is 0.833. The molecule has 10 heavy (non-hydrogen) atoms. The molecule has 1 atom stereocenters.